The molecule has 0 aliphatic rings. The van der Waals surface area contributed by atoms with Gasteiger partial charge in [-0.1, -0.05) is 0 Å². The van der Waals surface area contributed by atoms with Crippen molar-refractivity contribution in [3.05, 3.63) is 34.9 Å². The molecular weight excluding hydrogens is 242 g/mol. The molecule has 2 aromatic heterocycles. The summed E-state index contributed by atoms with van der Waals surface area (Å²) in [7, 11) is 1.77. The van der Waals surface area contributed by atoms with Gasteiger partial charge in [0.25, 0.3) is 5.91 Å². The average molecular weight is 261 g/mol. The summed E-state index contributed by atoms with van der Waals surface area (Å²) in [5.41, 5.74) is 3.53. The first-order valence-corrected chi connectivity index (χ1v) is 6.33. The van der Waals surface area contributed by atoms with Gasteiger partial charge in [-0.05, 0) is 26.8 Å². The highest BCUT2D eigenvalue weighted by Gasteiger charge is 2.12. The average Bonchev–Trinajstić information content (AvgIpc) is 2.89. The number of rotatable bonds is 4. The number of hydrogen-bond donors (Lipinski definition) is 1. The smallest absolute Gasteiger partial charge is 0.269 e. The van der Waals surface area contributed by atoms with Crippen LogP contribution in [0.3, 0.4) is 0 Å². The van der Waals surface area contributed by atoms with Crippen molar-refractivity contribution >= 4 is 5.91 Å². The standard InChI is InChI=1S/C13H19N5O/c1-5-18-10(3)11(8-15-18)7-14-13(19)12-6-9(2)16-17(12)4/h6,8H,5,7H2,1-4H3,(H,14,19). The summed E-state index contributed by atoms with van der Waals surface area (Å²) < 4.78 is 3.50. The number of nitrogens with zero attached hydrogens (tertiary/aromatic N) is 4. The highest BCUT2D eigenvalue weighted by Crippen LogP contribution is 2.07. The molecule has 0 unspecified atom stereocenters. The van der Waals surface area contributed by atoms with Crippen LogP contribution in [0.25, 0.3) is 0 Å². The Labute approximate surface area is 112 Å². The predicted octanol–water partition coefficient (Wildman–Crippen LogP) is 1.18. The third-order valence-electron chi connectivity index (χ3n) is 3.18. The van der Waals surface area contributed by atoms with Gasteiger partial charge in [0.05, 0.1) is 11.9 Å². The van der Waals surface area contributed by atoms with E-state index in [2.05, 4.69) is 15.5 Å². The number of carbonyl (C=O) groups is 1. The Morgan fingerprint density at radius 1 is 1.42 bits per heavy atom. The van der Waals surface area contributed by atoms with E-state index in [0.29, 0.717) is 12.2 Å². The zero-order valence-electron chi connectivity index (χ0n) is 11.8. The first-order chi connectivity index (χ1) is 9.02. The quantitative estimate of drug-likeness (QED) is 0.899. The minimum absolute atomic E-state index is 0.119. The lowest BCUT2D eigenvalue weighted by molar-refractivity contribution is 0.0941. The van der Waals surface area contributed by atoms with Crippen LogP contribution in [0.2, 0.25) is 0 Å². The second-order valence-electron chi connectivity index (χ2n) is 4.55. The lowest BCUT2D eigenvalue weighted by Crippen LogP contribution is -2.25. The molecule has 2 rings (SSSR count). The van der Waals surface area contributed by atoms with Gasteiger partial charge in [0.2, 0.25) is 0 Å². The van der Waals surface area contributed by atoms with Crippen LogP contribution in [0.5, 0.6) is 0 Å². The van der Waals surface area contributed by atoms with E-state index in [9.17, 15) is 4.79 Å². The number of amides is 1. The Morgan fingerprint density at radius 2 is 2.16 bits per heavy atom. The summed E-state index contributed by atoms with van der Waals surface area (Å²) in [6.45, 7) is 7.23. The van der Waals surface area contributed by atoms with Crippen LogP contribution in [-0.4, -0.2) is 25.5 Å². The monoisotopic (exact) mass is 261 g/mol. The Balaban J connectivity index is 2.04. The maximum atomic E-state index is 12.0. The Bertz CT molecular complexity index is 596. The van der Waals surface area contributed by atoms with E-state index < -0.39 is 0 Å². The van der Waals surface area contributed by atoms with Gasteiger partial charge in [0, 0.05) is 31.4 Å². The molecule has 0 aromatic carbocycles. The molecule has 0 aliphatic carbocycles. The van der Waals surface area contributed by atoms with Crippen molar-refractivity contribution < 1.29 is 4.79 Å². The zero-order chi connectivity index (χ0) is 14.0. The van der Waals surface area contributed by atoms with Gasteiger partial charge >= 0.3 is 0 Å². The molecule has 2 heterocycles. The SMILES string of the molecule is CCn1ncc(CNC(=O)c2cc(C)nn2C)c1C. The molecule has 1 amide bonds. The lowest BCUT2D eigenvalue weighted by Gasteiger charge is -2.05. The second kappa shape index (κ2) is 5.26. The molecule has 0 fully saturated rings. The van der Waals surface area contributed by atoms with Gasteiger partial charge in [-0.3, -0.25) is 14.2 Å². The summed E-state index contributed by atoms with van der Waals surface area (Å²) in [5.74, 6) is -0.119. The van der Waals surface area contributed by atoms with E-state index in [0.717, 1.165) is 23.5 Å². The van der Waals surface area contributed by atoms with Crippen molar-refractivity contribution in [2.24, 2.45) is 7.05 Å². The molecule has 1 N–H and O–H groups in total. The van der Waals surface area contributed by atoms with Crippen LogP contribution < -0.4 is 5.32 Å². The summed E-state index contributed by atoms with van der Waals surface area (Å²) in [5, 5.41) is 11.3. The van der Waals surface area contributed by atoms with Crippen LogP contribution in [0, 0.1) is 13.8 Å². The molecule has 0 spiro atoms. The highest BCUT2D eigenvalue weighted by atomic mass is 16.2. The summed E-state index contributed by atoms with van der Waals surface area (Å²) >= 11 is 0. The maximum absolute atomic E-state index is 12.0. The van der Waals surface area contributed by atoms with Crippen molar-refractivity contribution in [2.45, 2.75) is 33.9 Å². The van der Waals surface area contributed by atoms with Gasteiger partial charge in [-0.15, -0.1) is 0 Å². The molecule has 0 aliphatic heterocycles. The topological polar surface area (TPSA) is 64.7 Å². The molecule has 0 radical (unpaired) electrons. The fourth-order valence-corrected chi connectivity index (χ4v) is 2.07. The fourth-order valence-electron chi connectivity index (χ4n) is 2.07. The fraction of sp³-hybridized carbons (Fsp3) is 0.462. The van der Waals surface area contributed by atoms with Crippen LogP contribution in [0.15, 0.2) is 12.3 Å². The van der Waals surface area contributed by atoms with Crippen molar-refractivity contribution in [3.8, 4) is 0 Å². The van der Waals surface area contributed by atoms with E-state index in [-0.39, 0.29) is 5.91 Å². The molecule has 0 atom stereocenters. The highest BCUT2D eigenvalue weighted by molar-refractivity contribution is 5.92. The normalized spacial score (nSPS) is 10.7. The van der Waals surface area contributed by atoms with Crippen molar-refractivity contribution in [2.75, 3.05) is 0 Å². The third kappa shape index (κ3) is 2.67. The molecule has 6 heteroatoms. The van der Waals surface area contributed by atoms with Crippen molar-refractivity contribution in [1.82, 2.24) is 24.9 Å². The minimum Gasteiger partial charge on any atom is -0.347 e. The molecule has 0 saturated heterocycles. The van der Waals surface area contributed by atoms with E-state index in [4.69, 9.17) is 0 Å². The molecule has 0 bridgehead atoms. The van der Waals surface area contributed by atoms with Crippen LogP contribution in [-0.2, 0) is 20.1 Å². The summed E-state index contributed by atoms with van der Waals surface area (Å²) in [6, 6.07) is 1.78. The number of hydrogen-bond acceptors (Lipinski definition) is 3. The van der Waals surface area contributed by atoms with E-state index in [1.807, 2.05) is 25.5 Å². The van der Waals surface area contributed by atoms with Gasteiger partial charge in [-0.25, -0.2) is 0 Å². The van der Waals surface area contributed by atoms with Gasteiger partial charge < -0.3 is 5.32 Å². The molecular formula is C13H19N5O. The van der Waals surface area contributed by atoms with Gasteiger partial charge in [0.15, 0.2) is 0 Å². The maximum Gasteiger partial charge on any atom is 0.269 e. The summed E-state index contributed by atoms with van der Waals surface area (Å²) in [6.07, 6.45) is 1.80. The summed E-state index contributed by atoms with van der Waals surface area (Å²) in [4.78, 5) is 12.0. The first kappa shape index (κ1) is 13.3. The van der Waals surface area contributed by atoms with Crippen LogP contribution in [0.4, 0.5) is 0 Å². The molecule has 102 valence electrons. The lowest BCUT2D eigenvalue weighted by atomic mass is 10.2. The number of aryl methyl sites for hydroxylation is 3. The van der Waals surface area contributed by atoms with Crippen LogP contribution >= 0.6 is 0 Å². The Hall–Kier alpha value is -2.11. The third-order valence-corrected chi connectivity index (χ3v) is 3.18. The van der Waals surface area contributed by atoms with Crippen LogP contribution in [0.1, 0.15) is 34.4 Å². The largest absolute Gasteiger partial charge is 0.347 e. The van der Waals surface area contributed by atoms with Crippen molar-refractivity contribution in [1.29, 1.82) is 0 Å². The van der Waals surface area contributed by atoms with E-state index in [1.54, 1.807) is 24.0 Å². The molecule has 19 heavy (non-hydrogen) atoms. The number of carbonyl (C=O) groups excluding carboxylic acids is 1. The Morgan fingerprint density at radius 3 is 2.68 bits per heavy atom. The van der Waals surface area contributed by atoms with Crippen molar-refractivity contribution in [3.63, 3.8) is 0 Å². The van der Waals surface area contributed by atoms with Gasteiger partial charge in [-0.2, -0.15) is 10.2 Å². The zero-order valence-corrected chi connectivity index (χ0v) is 11.8. The van der Waals surface area contributed by atoms with E-state index >= 15 is 0 Å². The Kier molecular flexibility index (Phi) is 3.69. The number of aromatic nitrogens is 4. The first-order valence-electron chi connectivity index (χ1n) is 6.33. The minimum atomic E-state index is -0.119. The predicted molar refractivity (Wildman–Crippen MR) is 71.8 cm³/mol. The molecule has 0 saturated carbocycles. The number of nitrogens with one attached hydrogen (secondary N) is 1. The second-order valence-corrected chi connectivity index (χ2v) is 4.55. The van der Waals surface area contributed by atoms with Gasteiger partial charge in [0.1, 0.15) is 5.69 Å². The molecule has 2 aromatic rings. The molecule has 6 nitrogen and oxygen atoms in total. The van der Waals surface area contributed by atoms with E-state index in [1.165, 1.54) is 0 Å².